The van der Waals surface area contributed by atoms with Gasteiger partial charge in [0.15, 0.2) is 5.11 Å². The number of carboxylic acid groups (broad SMARTS) is 1. The molecule has 0 atom stereocenters. The van der Waals surface area contributed by atoms with E-state index in [2.05, 4.69) is 49.4 Å². The Morgan fingerprint density at radius 1 is 1.18 bits per heavy atom. The van der Waals surface area contributed by atoms with Crippen molar-refractivity contribution >= 4 is 66.8 Å². The maximum absolute atomic E-state index is 12.4. The molecule has 3 N–H and O–H groups in total. The van der Waals surface area contributed by atoms with Gasteiger partial charge in [0, 0.05) is 14.5 Å². The monoisotopic (exact) mass is 528 g/mol. The van der Waals surface area contributed by atoms with E-state index in [1.165, 1.54) is 6.07 Å². The summed E-state index contributed by atoms with van der Waals surface area (Å²) in [7, 11) is 0. The van der Waals surface area contributed by atoms with Crippen LogP contribution in [0.15, 0.2) is 45.3 Å². The number of thiocarbonyl (C=S) groups is 1. The van der Waals surface area contributed by atoms with E-state index in [1.807, 2.05) is 0 Å². The molecule has 0 bridgehead atoms. The zero-order chi connectivity index (χ0) is 20.7. The molecule has 2 aromatic rings. The minimum absolute atomic E-state index is 0.00595. The average molecular weight is 530 g/mol. The van der Waals surface area contributed by atoms with Crippen molar-refractivity contribution in [3.05, 3.63) is 56.5 Å². The number of aromatic carboxylic acids is 1. The van der Waals surface area contributed by atoms with Gasteiger partial charge in [-0.2, -0.15) is 0 Å². The number of hydrogen-bond donors (Lipinski definition) is 3. The number of ether oxygens (including phenoxy) is 1. The van der Waals surface area contributed by atoms with Crippen molar-refractivity contribution in [2.45, 2.75) is 19.8 Å². The summed E-state index contributed by atoms with van der Waals surface area (Å²) in [5.74, 6) is -0.851. The van der Waals surface area contributed by atoms with Gasteiger partial charge in [-0.1, -0.05) is 29.3 Å². The summed E-state index contributed by atoms with van der Waals surface area (Å²) in [6.07, 6.45) is 2.01. The average Bonchev–Trinajstić information content (AvgIpc) is 2.64. The second-order valence-corrected chi connectivity index (χ2v) is 7.93. The van der Waals surface area contributed by atoms with Crippen molar-refractivity contribution in [3.63, 3.8) is 0 Å². The van der Waals surface area contributed by atoms with Gasteiger partial charge in [-0.25, -0.2) is 4.79 Å². The predicted octanol–water partition coefficient (Wildman–Crippen LogP) is 5.22. The van der Waals surface area contributed by atoms with Crippen LogP contribution in [0.5, 0.6) is 5.75 Å². The number of amides is 1. The molecule has 0 radical (unpaired) electrons. The van der Waals surface area contributed by atoms with Crippen molar-refractivity contribution in [1.29, 1.82) is 0 Å². The second kappa shape index (κ2) is 10.5. The highest BCUT2D eigenvalue weighted by Gasteiger charge is 2.17. The molecule has 6 nitrogen and oxygen atoms in total. The minimum atomic E-state index is -1.13. The fourth-order valence-corrected chi connectivity index (χ4v) is 3.75. The molecule has 0 heterocycles. The highest BCUT2D eigenvalue weighted by molar-refractivity contribution is 9.11. The molecule has 1 amide bonds. The summed E-state index contributed by atoms with van der Waals surface area (Å²) in [6, 6.07) is 9.83. The Balaban J connectivity index is 2.03. The standard InChI is InChI=1S/C19H18Br2N2O4S/c1-2-3-8-27-13-6-4-11(5-7-13)17(24)23-19(28)22-16-14(18(25)26)9-12(20)10-15(16)21/h4-7,9-10H,2-3,8H2,1H3,(H,25,26)(H2,22,23,24,28). The van der Waals surface area contributed by atoms with Crippen LogP contribution in [-0.2, 0) is 0 Å². The number of anilines is 1. The summed E-state index contributed by atoms with van der Waals surface area (Å²) < 4.78 is 6.65. The SMILES string of the molecule is CCCCOc1ccc(C(=O)NC(=S)Nc2c(Br)cc(Br)cc2C(=O)O)cc1. The number of carbonyl (C=O) groups is 2. The van der Waals surface area contributed by atoms with Crippen LogP contribution in [0.2, 0.25) is 0 Å². The van der Waals surface area contributed by atoms with Crippen molar-refractivity contribution in [1.82, 2.24) is 5.32 Å². The Hall–Kier alpha value is -1.97. The van der Waals surface area contributed by atoms with E-state index in [0.29, 0.717) is 26.9 Å². The molecule has 0 aliphatic rings. The first kappa shape index (κ1) is 22.3. The van der Waals surface area contributed by atoms with E-state index in [9.17, 15) is 14.7 Å². The van der Waals surface area contributed by atoms with Gasteiger partial charge in [-0.15, -0.1) is 0 Å². The van der Waals surface area contributed by atoms with Crippen LogP contribution in [0.1, 0.15) is 40.5 Å². The topological polar surface area (TPSA) is 87.7 Å². The summed E-state index contributed by atoms with van der Waals surface area (Å²) >= 11 is 11.7. The molecule has 9 heteroatoms. The number of hydrogen-bond acceptors (Lipinski definition) is 4. The molecule has 148 valence electrons. The summed E-state index contributed by atoms with van der Waals surface area (Å²) in [5, 5.41) is 14.7. The number of carboxylic acids is 1. The van der Waals surface area contributed by atoms with Gasteiger partial charge in [-0.05, 0) is 71.0 Å². The van der Waals surface area contributed by atoms with E-state index in [0.717, 1.165) is 12.8 Å². The van der Waals surface area contributed by atoms with Crippen molar-refractivity contribution in [2.75, 3.05) is 11.9 Å². The molecule has 0 unspecified atom stereocenters. The number of halogens is 2. The molecule has 0 fully saturated rings. The number of benzene rings is 2. The summed E-state index contributed by atoms with van der Waals surface area (Å²) in [5.41, 5.74) is 0.660. The largest absolute Gasteiger partial charge is 0.494 e. The van der Waals surface area contributed by atoms with Crippen LogP contribution in [0.3, 0.4) is 0 Å². The van der Waals surface area contributed by atoms with Crippen LogP contribution in [0.4, 0.5) is 5.69 Å². The summed E-state index contributed by atoms with van der Waals surface area (Å²) in [6.45, 7) is 2.71. The number of carbonyl (C=O) groups excluding carboxylic acids is 1. The molecule has 0 aliphatic carbocycles. The second-order valence-electron chi connectivity index (χ2n) is 5.75. The van der Waals surface area contributed by atoms with Crippen molar-refractivity contribution in [3.8, 4) is 5.75 Å². The van der Waals surface area contributed by atoms with Crippen LogP contribution in [-0.4, -0.2) is 28.7 Å². The van der Waals surface area contributed by atoms with Gasteiger partial charge >= 0.3 is 5.97 Å². The first-order valence-corrected chi connectivity index (χ1v) is 10.4. The summed E-state index contributed by atoms with van der Waals surface area (Å²) in [4.78, 5) is 23.8. The van der Waals surface area contributed by atoms with E-state index in [1.54, 1.807) is 30.3 Å². The van der Waals surface area contributed by atoms with Crippen LogP contribution in [0, 0.1) is 0 Å². The predicted molar refractivity (Wildman–Crippen MR) is 119 cm³/mol. The number of nitrogens with one attached hydrogen (secondary N) is 2. The molecule has 0 aromatic heterocycles. The zero-order valence-electron chi connectivity index (χ0n) is 14.9. The quantitative estimate of drug-likeness (QED) is 0.337. The number of rotatable bonds is 7. The highest BCUT2D eigenvalue weighted by Crippen LogP contribution is 2.30. The molecular weight excluding hydrogens is 512 g/mol. The maximum Gasteiger partial charge on any atom is 0.337 e. The molecule has 0 spiro atoms. The van der Waals surface area contributed by atoms with E-state index >= 15 is 0 Å². The zero-order valence-corrected chi connectivity index (χ0v) is 18.9. The van der Waals surface area contributed by atoms with Gasteiger partial charge in [0.2, 0.25) is 0 Å². The van der Waals surface area contributed by atoms with Crippen LogP contribution in [0.25, 0.3) is 0 Å². The first-order chi connectivity index (χ1) is 13.3. The molecular formula is C19H18Br2N2O4S. The fraction of sp³-hybridized carbons (Fsp3) is 0.211. The molecule has 28 heavy (non-hydrogen) atoms. The van der Waals surface area contributed by atoms with Crippen molar-refractivity contribution in [2.24, 2.45) is 0 Å². The lowest BCUT2D eigenvalue weighted by molar-refractivity contribution is 0.0697. The lowest BCUT2D eigenvalue weighted by Gasteiger charge is -2.14. The van der Waals surface area contributed by atoms with Gasteiger partial charge in [0.05, 0.1) is 17.9 Å². The Morgan fingerprint density at radius 2 is 1.86 bits per heavy atom. The van der Waals surface area contributed by atoms with Crippen molar-refractivity contribution < 1.29 is 19.4 Å². The third-order valence-electron chi connectivity index (χ3n) is 3.63. The van der Waals surface area contributed by atoms with Gasteiger partial charge in [-0.3, -0.25) is 10.1 Å². The molecule has 0 saturated heterocycles. The normalized spacial score (nSPS) is 10.2. The lowest BCUT2D eigenvalue weighted by Crippen LogP contribution is -2.34. The van der Waals surface area contributed by atoms with E-state index in [4.69, 9.17) is 17.0 Å². The Labute approximate surface area is 184 Å². The van der Waals surface area contributed by atoms with Gasteiger partial charge < -0.3 is 15.2 Å². The Kier molecular flexibility index (Phi) is 8.40. The highest BCUT2D eigenvalue weighted by atomic mass is 79.9. The Morgan fingerprint density at radius 3 is 2.46 bits per heavy atom. The lowest BCUT2D eigenvalue weighted by atomic mass is 10.2. The fourth-order valence-electron chi connectivity index (χ4n) is 2.23. The third kappa shape index (κ3) is 6.29. The van der Waals surface area contributed by atoms with E-state index < -0.39 is 11.9 Å². The van der Waals surface area contributed by atoms with Crippen LogP contribution >= 0.6 is 44.1 Å². The first-order valence-electron chi connectivity index (χ1n) is 8.39. The molecule has 2 aromatic carbocycles. The molecule has 0 saturated carbocycles. The van der Waals surface area contributed by atoms with Gasteiger partial charge in [0.1, 0.15) is 5.75 Å². The maximum atomic E-state index is 12.4. The smallest absolute Gasteiger partial charge is 0.337 e. The van der Waals surface area contributed by atoms with Gasteiger partial charge in [0.25, 0.3) is 5.91 Å². The third-order valence-corrected chi connectivity index (χ3v) is 4.92. The Bertz CT molecular complexity index is 888. The number of unbranched alkanes of at least 4 members (excludes halogenated alkanes) is 1. The van der Waals surface area contributed by atoms with Crippen LogP contribution < -0.4 is 15.4 Å². The minimum Gasteiger partial charge on any atom is -0.494 e. The molecule has 2 rings (SSSR count). The molecule has 0 aliphatic heterocycles. The van der Waals surface area contributed by atoms with E-state index in [-0.39, 0.29) is 16.4 Å².